The summed E-state index contributed by atoms with van der Waals surface area (Å²) < 4.78 is 10.6. The van der Waals surface area contributed by atoms with Crippen LogP contribution < -0.4 is 14.8 Å². The molecule has 1 saturated heterocycles. The molecular weight excluding hydrogens is 292 g/mol. The molecule has 1 aromatic carbocycles. The number of nitrogens with zero attached hydrogens (tertiary/aromatic N) is 1. The monoisotopic (exact) mass is 318 g/mol. The summed E-state index contributed by atoms with van der Waals surface area (Å²) in [5.74, 6) is 2.63. The van der Waals surface area contributed by atoms with Crippen molar-refractivity contribution in [1.29, 1.82) is 0 Å². The highest BCUT2D eigenvalue weighted by Crippen LogP contribution is 2.32. The van der Waals surface area contributed by atoms with Gasteiger partial charge in [-0.1, -0.05) is 13.8 Å². The molecule has 1 N–H and O–H groups in total. The summed E-state index contributed by atoms with van der Waals surface area (Å²) >= 11 is 0. The number of nitrogens with one attached hydrogen (secondary N) is 1. The minimum Gasteiger partial charge on any atom is -0.454 e. The molecule has 0 unspecified atom stereocenters. The summed E-state index contributed by atoms with van der Waals surface area (Å²) in [5, 5.41) is 3.06. The van der Waals surface area contributed by atoms with Crippen LogP contribution in [-0.2, 0) is 0 Å². The van der Waals surface area contributed by atoms with Gasteiger partial charge < -0.3 is 19.7 Å². The van der Waals surface area contributed by atoms with Crippen LogP contribution in [0.2, 0.25) is 0 Å². The Hall–Kier alpha value is -1.75. The lowest BCUT2D eigenvalue weighted by Crippen LogP contribution is -2.40. The standard InChI is InChI=1S/C18H26N2O3/c1-13(2)11-20-7-5-14(6-8-20)10-19-18(21)15-3-4-16-17(9-15)23-12-22-16/h3-4,9,13-14H,5-8,10-12H2,1-2H3,(H,19,21). The molecule has 5 nitrogen and oxygen atoms in total. The van der Waals surface area contributed by atoms with E-state index in [1.165, 1.54) is 6.54 Å². The lowest BCUT2D eigenvalue weighted by Gasteiger charge is -2.33. The molecule has 2 aliphatic rings. The molecule has 1 amide bonds. The predicted octanol–water partition coefficient (Wildman–Crippen LogP) is 2.51. The molecule has 0 radical (unpaired) electrons. The summed E-state index contributed by atoms with van der Waals surface area (Å²) in [6, 6.07) is 5.33. The molecule has 126 valence electrons. The van der Waals surface area contributed by atoms with Crippen LogP contribution in [0, 0.1) is 11.8 Å². The third-order valence-electron chi connectivity index (χ3n) is 4.52. The van der Waals surface area contributed by atoms with Crippen molar-refractivity contribution in [2.45, 2.75) is 26.7 Å². The predicted molar refractivity (Wildman–Crippen MR) is 88.9 cm³/mol. The van der Waals surface area contributed by atoms with Crippen molar-refractivity contribution in [3.8, 4) is 11.5 Å². The number of benzene rings is 1. The number of amides is 1. The Labute approximate surface area is 137 Å². The van der Waals surface area contributed by atoms with E-state index in [9.17, 15) is 4.79 Å². The average Bonchev–Trinajstić information content (AvgIpc) is 3.01. The van der Waals surface area contributed by atoms with E-state index >= 15 is 0 Å². The molecule has 3 rings (SSSR count). The van der Waals surface area contributed by atoms with Gasteiger partial charge >= 0.3 is 0 Å². The zero-order valence-corrected chi connectivity index (χ0v) is 14.0. The number of rotatable bonds is 5. The van der Waals surface area contributed by atoms with E-state index in [1.54, 1.807) is 18.2 Å². The van der Waals surface area contributed by atoms with Gasteiger partial charge in [-0.25, -0.2) is 0 Å². The highest BCUT2D eigenvalue weighted by molar-refractivity contribution is 5.94. The molecule has 1 aromatic rings. The van der Waals surface area contributed by atoms with Crippen LogP contribution in [0.4, 0.5) is 0 Å². The van der Waals surface area contributed by atoms with Crippen molar-refractivity contribution in [3.63, 3.8) is 0 Å². The number of carbonyl (C=O) groups excluding carboxylic acids is 1. The van der Waals surface area contributed by atoms with Gasteiger partial charge in [-0.15, -0.1) is 0 Å². The van der Waals surface area contributed by atoms with Gasteiger partial charge in [0.15, 0.2) is 11.5 Å². The fourth-order valence-electron chi connectivity index (χ4n) is 3.27. The molecule has 0 aliphatic carbocycles. The second-order valence-electron chi connectivity index (χ2n) is 6.92. The average molecular weight is 318 g/mol. The summed E-state index contributed by atoms with van der Waals surface area (Å²) in [6.45, 7) is 8.97. The molecular formula is C18H26N2O3. The van der Waals surface area contributed by atoms with Crippen molar-refractivity contribution in [2.75, 3.05) is 33.0 Å². The SMILES string of the molecule is CC(C)CN1CCC(CNC(=O)c2ccc3c(c2)OCO3)CC1. The van der Waals surface area contributed by atoms with E-state index in [4.69, 9.17) is 9.47 Å². The molecule has 0 saturated carbocycles. The molecule has 5 heteroatoms. The van der Waals surface area contributed by atoms with Gasteiger partial charge in [-0.3, -0.25) is 4.79 Å². The van der Waals surface area contributed by atoms with E-state index in [1.807, 2.05) is 0 Å². The minimum absolute atomic E-state index is 0.0343. The van der Waals surface area contributed by atoms with Crippen LogP contribution in [0.1, 0.15) is 37.0 Å². The van der Waals surface area contributed by atoms with Gasteiger partial charge in [0.05, 0.1) is 0 Å². The largest absolute Gasteiger partial charge is 0.454 e. The number of likely N-dealkylation sites (tertiary alicyclic amines) is 1. The van der Waals surface area contributed by atoms with E-state index < -0.39 is 0 Å². The maximum Gasteiger partial charge on any atom is 0.251 e. The zero-order chi connectivity index (χ0) is 16.2. The Bertz CT molecular complexity index is 551. The van der Waals surface area contributed by atoms with Gasteiger partial charge in [0.2, 0.25) is 6.79 Å². The second-order valence-corrected chi connectivity index (χ2v) is 6.92. The molecule has 23 heavy (non-hydrogen) atoms. The lowest BCUT2D eigenvalue weighted by molar-refractivity contribution is 0.0934. The smallest absolute Gasteiger partial charge is 0.251 e. The van der Waals surface area contributed by atoms with Crippen LogP contribution in [0.5, 0.6) is 11.5 Å². The highest BCUT2D eigenvalue weighted by Gasteiger charge is 2.21. The fraction of sp³-hybridized carbons (Fsp3) is 0.611. The number of piperidine rings is 1. The van der Waals surface area contributed by atoms with Crippen molar-refractivity contribution < 1.29 is 14.3 Å². The summed E-state index contributed by atoms with van der Waals surface area (Å²) in [5.41, 5.74) is 0.631. The number of ether oxygens (including phenoxy) is 2. The molecule has 0 spiro atoms. The highest BCUT2D eigenvalue weighted by atomic mass is 16.7. The minimum atomic E-state index is -0.0343. The number of hydrogen-bond donors (Lipinski definition) is 1. The Morgan fingerprint density at radius 1 is 1.26 bits per heavy atom. The molecule has 0 bridgehead atoms. The van der Waals surface area contributed by atoms with Gasteiger partial charge in [0.1, 0.15) is 0 Å². The van der Waals surface area contributed by atoms with Crippen molar-refractivity contribution >= 4 is 5.91 Å². The third-order valence-corrected chi connectivity index (χ3v) is 4.52. The van der Waals surface area contributed by atoms with Crippen molar-refractivity contribution in [2.24, 2.45) is 11.8 Å². The van der Waals surface area contributed by atoms with Gasteiger partial charge in [-0.05, 0) is 56.0 Å². The topological polar surface area (TPSA) is 50.8 Å². The normalized spacial score (nSPS) is 18.4. The number of carbonyl (C=O) groups is 1. The van der Waals surface area contributed by atoms with Crippen LogP contribution in [0.15, 0.2) is 18.2 Å². The van der Waals surface area contributed by atoms with E-state index in [0.717, 1.165) is 38.4 Å². The summed E-state index contributed by atoms with van der Waals surface area (Å²) in [4.78, 5) is 14.8. The fourth-order valence-corrected chi connectivity index (χ4v) is 3.27. The Balaban J connectivity index is 1.45. The van der Waals surface area contributed by atoms with Crippen LogP contribution >= 0.6 is 0 Å². The first-order chi connectivity index (χ1) is 11.1. The Morgan fingerprint density at radius 2 is 2.00 bits per heavy atom. The maximum absolute atomic E-state index is 12.3. The Morgan fingerprint density at radius 3 is 2.74 bits per heavy atom. The first-order valence-corrected chi connectivity index (χ1v) is 8.52. The van der Waals surface area contributed by atoms with Crippen molar-refractivity contribution in [1.82, 2.24) is 10.2 Å². The second kappa shape index (κ2) is 7.21. The maximum atomic E-state index is 12.3. The van der Waals surface area contributed by atoms with E-state index in [2.05, 4.69) is 24.1 Å². The van der Waals surface area contributed by atoms with E-state index in [-0.39, 0.29) is 12.7 Å². The van der Waals surface area contributed by atoms with Crippen LogP contribution in [-0.4, -0.2) is 43.8 Å². The van der Waals surface area contributed by atoms with Crippen LogP contribution in [0.25, 0.3) is 0 Å². The molecule has 2 aliphatic heterocycles. The third kappa shape index (κ3) is 4.16. The zero-order valence-electron chi connectivity index (χ0n) is 14.0. The lowest BCUT2D eigenvalue weighted by atomic mass is 9.96. The quantitative estimate of drug-likeness (QED) is 0.906. The van der Waals surface area contributed by atoms with Crippen LogP contribution in [0.3, 0.4) is 0 Å². The molecule has 0 aromatic heterocycles. The van der Waals surface area contributed by atoms with Crippen molar-refractivity contribution in [3.05, 3.63) is 23.8 Å². The van der Waals surface area contributed by atoms with Gasteiger partial charge in [0, 0.05) is 18.7 Å². The molecule has 2 heterocycles. The summed E-state index contributed by atoms with van der Waals surface area (Å²) in [6.07, 6.45) is 2.32. The van der Waals surface area contributed by atoms with Gasteiger partial charge in [0.25, 0.3) is 5.91 Å². The number of hydrogen-bond acceptors (Lipinski definition) is 4. The summed E-state index contributed by atoms with van der Waals surface area (Å²) in [7, 11) is 0. The molecule has 1 fully saturated rings. The first kappa shape index (κ1) is 16.1. The van der Waals surface area contributed by atoms with Gasteiger partial charge in [-0.2, -0.15) is 0 Å². The van der Waals surface area contributed by atoms with E-state index in [0.29, 0.717) is 23.0 Å². The molecule has 0 atom stereocenters. The Kier molecular flexibility index (Phi) is 5.06. The number of fused-ring (bicyclic) bond motifs is 1. The first-order valence-electron chi connectivity index (χ1n) is 8.52.